The highest BCUT2D eigenvalue weighted by atomic mass is 32.2. The van der Waals surface area contributed by atoms with Crippen molar-refractivity contribution in [3.63, 3.8) is 0 Å². The van der Waals surface area contributed by atoms with Crippen molar-refractivity contribution in [3.8, 4) is 22.9 Å². The quantitative estimate of drug-likeness (QED) is 0.687. The van der Waals surface area contributed by atoms with E-state index < -0.39 is 10.0 Å². The van der Waals surface area contributed by atoms with Gasteiger partial charge < -0.3 is 9.47 Å². The van der Waals surface area contributed by atoms with Gasteiger partial charge in [-0.3, -0.25) is 4.72 Å². The molecule has 1 N–H and O–H groups in total. The lowest BCUT2D eigenvalue weighted by molar-refractivity contribution is 0.354. The topological polar surface area (TPSA) is 90.4 Å². The second-order valence-electron chi connectivity index (χ2n) is 4.91. The molecule has 0 spiro atoms. The second kappa shape index (κ2) is 8.15. The van der Waals surface area contributed by atoms with E-state index in [1.54, 1.807) is 0 Å². The molecule has 0 fully saturated rings. The van der Waals surface area contributed by atoms with E-state index in [9.17, 15) is 8.42 Å². The minimum Gasteiger partial charge on any atom is -0.493 e. The van der Waals surface area contributed by atoms with Crippen molar-refractivity contribution < 1.29 is 17.9 Å². The lowest BCUT2D eigenvalue weighted by Gasteiger charge is -2.10. The third-order valence-electron chi connectivity index (χ3n) is 3.34. The maximum Gasteiger partial charge on any atom is 0.263 e. The van der Waals surface area contributed by atoms with Gasteiger partial charge >= 0.3 is 0 Å². The van der Waals surface area contributed by atoms with Crippen LogP contribution in [0.4, 0.5) is 5.13 Å². The molecule has 0 saturated heterocycles. The van der Waals surface area contributed by atoms with Gasteiger partial charge in [-0.15, -0.1) is 0 Å². The summed E-state index contributed by atoms with van der Waals surface area (Å²) in [5, 5.41) is 0.189. The first-order chi connectivity index (χ1) is 12.0. The Morgan fingerprint density at radius 1 is 1.00 bits per heavy atom. The number of sulfonamides is 1. The van der Waals surface area contributed by atoms with E-state index >= 15 is 0 Å². The Kier molecular flexibility index (Phi) is 6.17. The lowest BCUT2D eigenvalue weighted by Crippen LogP contribution is -2.13. The number of benzene rings is 2. The van der Waals surface area contributed by atoms with Crippen LogP contribution in [-0.4, -0.2) is 32.0 Å². The number of hydrogen-bond acceptors (Lipinski definition) is 7. The van der Waals surface area contributed by atoms with Gasteiger partial charge in [0.05, 0.1) is 19.1 Å². The zero-order chi connectivity index (χ0) is 17.9. The second-order valence-corrected chi connectivity index (χ2v) is 7.35. The Morgan fingerprint density at radius 3 is 2.35 bits per heavy atom. The normalized spacial score (nSPS) is 10.7. The van der Waals surface area contributed by atoms with Crippen molar-refractivity contribution in [1.82, 2.24) is 9.36 Å². The van der Waals surface area contributed by atoms with E-state index in [1.807, 2.05) is 30.3 Å². The number of rotatable bonds is 6. The minimum absolute atomic E-state index is 0. The highest BCUT2D eigenvalue weighted by Gasteiger charge is 2.19. The molecule has 0 saturated carbocycles. The number of nitrogens with zero attached hydrogens (tertiary/aromatic N) is 2. The number of hydrogen-bond donors (Lipinski definition) is 1. The highest BCUT2D eigenvalue weighted by Crippen LogP contribution is 2.30. The average molecular weight is 393 g/mol. The van der Waals surface area contributed by atoms with Crippen molar-refractivity contribution in [3.05, 3.63) is 48.5 Å². The summed E-state index contributed by atoms with van der Waals surface area (Å²) in [6, 6.07) is 13.7. The van der Waals surface area contributed by atoms with E-state index in [1.165, 1.54) is 32.4 Å². The van der Waals surface area contributed by atoms with Crippen LogP contribution in [0.2, 0.25) is 0 Å². The van der Waals surface area contributed by atoms with Crippen molar-refractivity contribution in [2.75, 3.05) is 18.9 Å². The fourth-order valence-electron chi connectivity index (χ4n) is 2.13. The molecular formula is C17H19N3O4S2. The van der Waals surface area contributed by atoms with Gasteiger partial charge in [-0.2, -0.15) is 9.36 Å². The summed E-state index contributed by atoms with van der Waals surface area (Å²) in [4.78, 5) is 4.27. The van der Waals surface area contributed by atoms with Crippen LogP contribution in [0.3, 0.4) is 0 Å². The Hall–Kier alpha value is -2.65. The van der Waals surface area contributed by atoms with E-state index in [4.69, 9.17) is 9.47 Å². The van der Waals surface area contributed by atoms with E-state index in [2.05, 4.69) is 14.1 Å². The van der Waals surface area contributed by atoms with Gasteiger partial charge in [0.1, 0.15) is 0 Å². The van der Waals surface area contributed by atoms with Gasteiger partial charge in [0.2, 0.25) is 5.13 Å². The van der Waals surface area contributed by atoms with E-state index in [0.29, 0.717) is 17.3 Å². The summed E-state index contributed by atoms with van der Waals surface area (Å²) in [6.07, 6.45) is 0. The van der Waals surface area contributed by atoms with E-state index in [0.717, 1.165) is 17.1 Å². The third-order valence-corrected chi connectivity index (χ3v) is 5.44. The Balaban J connectivity index is 0.00000243. The Bertz CT molecular complexity index is 973. The first-order valence-electron chi connectivity index (χ1n) is 7.17. The lowest BCUT2D eigenvalue weighted by atomic mass is 10.2. The first-order valence-corrected chi connectivity index (χ1v) is 9.43. The summed E-state index contributed by atoms with van der Waals surface area (Å²) in [7, 11) is -0.892. The summed E-state index contributed by atoms with van der Waals surface area (Å²) in [6.45, 7) is 0. The third kappa shape index (κ3) is 4.12. The number of ether oxygens (including phenoxy) is 2. The molecular weight excluding hydrogens is 374 g/mol. The predicted octanol–water partition coefficient (Wildman–Crippen LogP) is 3.66. The molecule has 26 heavy (non-hydrogen) atoms. The van der Waals surface area contributed by atoms with Crippen molar-refractivity contribution in [2.45, 2.75) is 12.3 Å². The Morgan fingerprint density at radius 2 is 1.69 bits per heavy atom. The van der Waals surface area contributed by atoms with Crippen LogP contribution in [0.5, 0.6) is 11.5 Å². The molecule has 2 aromatic carbocycles. The van der Waals surface area contributed by atoms with Crippen LogP contribution < -0.4 is 14.2 Å². The van der Waals surface area contributed by atoms with Crippen molar-refractivity contribution in [2.24, 2.45) is 0 Å². The molecule has 0 aliphatic heterocycles. The molecule has 3 rings (SSSR count). The van der Waals surface area contributed by atoms with E-state index in [-0.39, 0.29) is 17.5 Å². The monoisotopic (exact) mass is 393 g/mol. The zero-order valence-electron chi connectivity index (χ0n) is 13.5. The molecule has 0 aliphatic carbocycles. The fraction of sp³-hybridized carbons (Fsp3) is 0.176. The molecule has 1 aromatic heterocycles. The molecule has 7 nitrogen and oxygen atoms in total. The molecule has 3 aromatic rings. The maximum atomic E-state index is 12.5. The minimum atomic E-state index is -3.82. The maximum absolute atomic E-state index is 12.5. The molecule has 0 aliphatic rings. The van der Waals surface area contributed by atoms with Crippen LogP contribution in [0.15, 0.2) is 53.4 Å². The largest absolute Gasteiger partial charge is 0.493 e. The predicted molar refractivity (Wildman–Crippen MR) is 102 cm³/mol. The fourth-order valence-corrected chi connectivity index (χ4v) is 3.95. The first kappa shape index (κ1) is 19.7. The highest BCUT2D eigenvalue weighted by molar-refractivity contribution is 7.93. The summed E-state index contributed by atoms with van der Waals surface area (Å²) in [5.41, 5.74) is 0.815. The number of nitrogens with one attached hydrogen (secondary N) is 1. The van der Waals surface area contributed by atoms with Crippen LogP contribution in [0, 0.1) is 0 Å². The van der Waals surface area contributed by atoms with Crippen molar-refractivity contribution in [1.29, 1.82) is 0 Å². The van der Waals surface area contributed by atoms with Crippen LogP contribution >= 0.6 is 11.5 Å². The average Bonchev–Trinajstić information content (AvgIpc) is 3.09. The number of anilines is 1. The van der Waals surface area contributed by atoms with Gasteiger partial charge in [-0.25, -0.2) is 8.42 Å². The van der Waals surface area contributed by atoms with Crippen LogP contribution in [0.1, 0.15) is 7.43 Å². The molecule has 0 amide bonds. The zero-order valence-corrected chi connectivity index (χ0v) is 15.1. The molecule has 9 heteroatoms. The Labute approximate surface area is 156 Å². The van der Waals surface area contributed by atoms with Gasteiger partial charge in [0.15, 0.2) is 17.3 Å². The molecule has 0 radical (unpaired) electrons. The number of aromatic nitrogens is 2. The van der Waals surface area contributed by atoms with Crippen LogP contribution in [0.25, 0.3) is 11.4 Å². The summed E-state index contributed by atoms with van der Waals surface area (Å²) in [5.74, 6) is 1.24. The van der Waals surface area contributed by atoms with Gasteiger partial charge in [-0.1, -0.05) is 37.8 Å². The molecule has 0 atom stereocenters. The standard InChI is InChI=1S/C16H15N3O4S2.CH4/c1-22-13-9-8-12(10-14(13)23-2)25(20,21)19-16-17-15(18-24-16)11-6-4-3-5-7-11;/h3-10H,1-2H3,(H,17,18,19);1H4. The van der Waals surface area contributed by atoms with Crippen LogP contribution in [-0.2, 0) is 10.0 Å². The molecule has 138 valence electrons. The number of methoxy groups -OCH3 is 2. The summed E-state index contributed by atoms with van der Waals surface area (Å²) >= 11 is 0.976. The smallest absolute Gasteiger partial charge is 0.263 e. The van der Waals surface area contributed by atoms with Gasteiger partial charge in [0, 0.05) is 23.2 Å². The SMILES string of the molecule is C.COc1ccc(S(=O)(=O)Nc2nc(-c3ccccc3)ns2)cc1OC. The van der Waals surface area contributed by atoms with Gasteiger partial charge in [-0.05, 0) is 12.1 Å². The van der Waals surface area contributed by atoms with Crippen molar-refractivity contribution >= 4 is 26.7 Å². The molecule has 1 heterocycles. The van der Waals surface area contributed by atoms with Gasteiger partial charge in [0.25, 0.3) is 10.0 Å². The summed E-state index contributed by atoms with van der Waals surface area (Å²) < 4.78 is 42.0. The molecule has 0 bridgehead atoms. The molecule has 0 unspecified atom stereocenters.